The van der Waals surface area contributed by atoms with Crippen molar-refractivity contribution in [3.8, 4) is 5.69 Å². The van der Waals surface area contributed by atoms with Crippen LogP contribution in [0.2, 0.25) is 0 Å². The summed E-state index contributed by atoms with van der Waals surface area (Å²) in [5.74, 6) is 0.545. The lowest BCUT2D eigenvalue weighted by Gasteiger charge is -2.25. The third-order valence-corrected chi connectivity index (χ3v) is 4.30. The van der Waals surface area contributed by atoms with Crippen molar-refractivity contribution < 1.29 is 0 Å². The molecule has 0 amide bonds. The van der Waals surface area contributed by atoms with Crippen LogP contribution in [0.4, 0.5) is 0 Å². The van der Waals surface area contributed by atoms with Crippen LogP contribution >= 0.6 is 0 Å². The highest BCUT2D eigenvalue weighted by molar-refractivity contribution is 5.31. The smallest absolute Gasteiger partial charge is 0.0645 e. The fourth-order valence-electron chi connectivity index (χ4n) is 3.22. The Bertz CT molecular complexity index is 537. The Morgan fingerprint density at radius 1 is 1.30 bits per heavy atom. The number of aromatic nitrogens is 2. The van der Waals surface area contributed by atoms with Crippen molar-refractivity contribution in [3.05, 3.63) is 48.3 Å². The topological polar surface area (TPSA) is 47.1 Å². The number of likely N-dealkylation sites (tertiary alicyclic amines) is 1. The first-order chi connectivity index (χ1) is 9.83. The van der Waals surface area contributed by atoms with E-state index in [1.165, 1.54) is 12.0 Å². The minimum atomic E-state index is 0.419. The molecule has 106 valence electrons. The standard InChI is InChI=1S/C16H22N4/c1-2-19-9-8-13(10-17)16(19)14-11-18-20(12-14)15-6-4-3-5-7-15/h3-7,11-13,16H,2,8-10,17H2,1H3. The normalized spacial score (nSPS) is 23.3. The summed E-state index contributed by atoms with van der Waals surface area (Å²) in [6.07, 6.45) is 5.33. The molecule has 1 aliphatic rings. The molecule has 2 aromatic rings. The molecule has 1 aliphatic heterocycles. The first-order valence-electron chi connectivity index (χ1n) is 7.37. The number of benzene rings is 1. The average molecular weight is 270 g/mol. The van der Waals surface area contributed by atoms with Gasteiger partial charge in [-0.3, -0.25) is 4.90 Å². The Morgan fingerprint density at radius 2 is 2.10 bits per heavy atom. The van der Waals surface area contributed by atoms with E-state index in [-0.39, 0.29) is 0 Å². The highest BCUT2D eigenvalue weighted by Gasteiger charge is 2.34. The predicted octanol–water partition coefficient (Wildman–Crippen LogP) is 2.21. The summed E-state index contributed by atoms with van der Waals surface area (Å²) in [5, 5.41) is 4.52. The molecule has 4 nitrogen and oxygen atoms in total. The van der Waals surface area contributed by atoms with Crippen molar-refractivity contribution in [2.45, 2.75) is 19.4 Å². The minimum absolute atomic E-state index is 0.419. The Kier molecular flexibility index (Phi) is 3.85. The van der Waals surface area contributed by atoms with Gasteiger partial charge in [0.05, 0.1) is 11.9 Å². The maximum atomic E-state index is 5.94. The van der Waals surface area contributed by atoms with Gasteiger partial charge in [-0.2, -0.15) is 5.10 Å². The van der Waals surface area contributed by atoms with Crippen molar-refractivity contribution in [3.63, 3.8) is 0 Å². The maximum absolute atomic E-state index is 5.94. The number of hydrogen-bond donors (Lipinski definition) is 1. The highest BCUT2D eigenvalue weighted by atomic mass is 15.3. The van der Waals surface area contributed by atoms with Crippen LogP contribution < -0.4 is 5.73 Å². The van der Waals surface area contributed by atoms with E-state index in [0.29, 0.717) is 12.0 Å². The van der Waals surface area contributed by atoms with Gasteiger partial charge in [-0.1, -0.05) is 25.1 Å². The molecule has 0 radical (unpaired) electrons. The first-order valence-corrected chi connectivity index (χ1v) is 7.37. The summed E-state index contributed by atoms with van der Waals surface area (Å²) in [6.45, 7) is 5.17. The number of nitrogens with zero attached hydrogens (tertiary/aromatic N) is 3. The van der Waals surface area contributed by atoms with Gasteiger partial charge in [-0.05, 0) is 44.1 Å². The number of hydrogen-bond acceptors (Lipinski definition) is 3. The molecule has 0 aliphatic carbocycles. The molecule has 2 N–H and O–H groups in total. The van der Waals surface area contributed by atoms with E-state index in [0.717, 1.165) is 25.3 Å². The van der Waals surface area contributed by atoms with Crippen molar-refractivity contribution in [2.75, 3.05) is 19.6 Å². The van der Waals surface area contributed by atoms with E-state index in [1.54, 1.807) is 0 Å². The highest BCUT2D eigenvalue weighted by Crippen LogP contribution is 2.36. The second kappa shape index (κ2) is 5.77. The maximum Gasteiger partial charge on any atom is 0.0645 e. The summed E-state index contributed by atoms with van der Waals surface area (Å²) in [6, 6.07) is 10.7. The monoisotopic (exact) mass is 270 g/mol. The molecule has 0 bridgehead atoms. The Morgan fingerprint density at radius 3 is 2.80 bits per heavy atom. The quantitative estimate of drug-likeness (QED) is 0.926. The zero-order chi connectivity index (χ0) is 13.9. The lowest BCUT2D eigenvalue weighted by molar-refractivity contribution is 0.242. The predicted molar refractivity (Wildman–Crippen MR) is 80.7 cm³/mol. The van der Waals surface area contributed by atoms with Gasteiger partial charge >= 0.3 is 0 Å². The van der Waals surface area contributed by atoms with Gasteiger partial charge in [0, 0.05) is 17.8 Å². The Hall–Kier alpha value is -1.65. The van der Waals surface area contributed by atoms with Gasteiger partial charge in [0.2, 0.25) is 0 Å². The van der Waals surface area contributed by atoms with Crippen molar-refractivity contribution in [1.29, 1.82) is 0 Å². The van der Waals surface area contributed by atoms with Gasteiger partial charge in [0.25, 0.3) is 0 Å². The van der Waals surface area contributed by atoms with E-state index >= 15 is 0 Å². The van der Waals surface area contributed by atoms with Crippen LogP contribution in [0.1, 0.15) is 24.9 Å². The van der Waals surface area contributed by atoms with Crippen molar-refractivity contribution in [2.24, 2.45) is 11.7 Å². The molecule has 1 saturated heterocycles. The van der Waals surface area contributed by atoms with E-state index in [4.69, 9.17) is 5.73 Å². The average Bonchev–Trinajstić information content (AvgIpc) is 3.14. The van der Waals surface area contributed by atoms with Crippen molar-refractivity contribution >= 4 is 0 Å². The molecule has 2 heterocycles. The number of nitrogens with two attached hydrogens (primary N) is 1. The fraction of sp³-hybridized carbons (Fsp3) is 0.438. The molecular formula is C16H22N4. The second-order valence-electron chi connectivity index (χ2n) is 5.41. The Balaban J connectivity index is 1.89. The zero-order valence-corrected chi connectivity index (χ0v) is 11.9. The van der Waals surface area contributed by atoms with Gasteiger partial charge in [-0.25, -0.2) is 4.68 Å². The SMILES string of the molecule is CCN1CCC(CN)C1c1cnn(-c2ccccc2)c1. The number of rotatable bonds is 4. The lowest BCUT2D eigenvalue weighted by atomic mass is 9.96. The summed E-state index contributed by atoms with van der Waals surface area (Å²) in [5.41, 5.74) is 8.32. The van der Waals surface area contributed by atoms with Crippen molar-refractivity contribution in [1.82, 2.24) is 14.7 Å². The van der Waals surface area contributed by atoms with Crippen LogP contribution in [0.15, 0.2) is 42.7 Å². The Labute approximate surface area is 120 Å². The molecular weight excluding hydrogens is 248 g/mol. The molecule has 1 fully saturated rings. The summed E-state index contributed by atoms with van der Waals surface area (Å²) in [4.78, 5) is 2.50. The third-order valence-electron chi connectivity index (χ3n) is 4.30. The second-order valence-corrected chi connectivity index (χ2v) is 5.41. The molecule has 4 heteroatoms. The van der Waals surface area contributed by atoms with Crippen LogP contribution in [0, 0.1) is 5.92 Å². The number of para-hydroxylation sites is 1. The van der Waals surface area contributed by atoms with E-state index < -0.39 is 0 Å². The van der Waals surface area contributed by atoms with Gasteiger partial charge in [0.15, 0.2) is 0 Å². The lowest BCUT2D eigenvalue weighted by Crippen LogP contribution is -2.27. The van der Waals surface area contributed by atoms with Gasteiger partial charge in [-0.15, -0.1) is 0 Å². The summed E-state index contributed by atoms with van der Waals surface area (Å²) in [7, 11) is 0. The fourth-order valence-corrected chi connectivity index (χ4v) is 3.22. The van der Waals surface area contributed by atoms with Crippen LogP contribution in [-0.2, 0) is 0 Å². The molecule has 0 spiro atoms. The zero-order valence-electron chi connectivity index (χ0n) is 11.9. The van der Waals surface area contributed by atoms with E-state index in [2.05, 4.69) is 35.3 Å². The largest absolute Gasteiger partial charge is 0.330 e. The van der Waals surface area contributed by atoms with E-state index in [9.17, 15) is 0 Å². The van der Waals surface area contributed by atoms with Crippen LogP contribution in [0.3, 0.4) is 0 Å². The summed E-state index contributed by atoms with van der Waals surface area (Å²) >= 11 is 0. The third kappa shape index (κ3) is 2.37. The van der Waals surface area contributed by atoms with Crippen LogP contribution in [0.25, 0.3) is 5.69 Å². The molecule has 3 rings (SSSR count). The summed E-state index contributed by atoms with van der Waals surface area (Å²) < 4.78 is 1.95. The van der Waals surface area contributed by atoms with Crippen LogP contribution in [0.5, 0.6) is 0 Å². The molecule has 2 unspecified atom stereocenters. The molecule has 1 aromatic heterocycles. The first kappa shape index (κ1) is 13.3. The van der Waals surface area contributed by atoms with Crippen LogP contribution in [-0.4, -0.2) is 34.3 Å². The minimum Gasteiger partial charge on any atom is -0.330 e. The molecule has 20 heavy (non-hydrogen) atoms. The molecule has 1 aromatic carbocycles. The molecule has 0 saturated carbocycles. The van der Waals surface area contributed by atoms with Gasteiger partial charge in [0.1, 0.15) is 0 Å². The molecule has 2 atom stereocenters. The van der Waals surface area contributed by atoms with Gasteiger partial charge < -0.3 is 5.73 Å². The van der Waals surface area contributed by atoms with E-state index in [1.807, 2.05) is 29.1 Å².